The molecule has 100 valence electrons. The van der Waals surface area contributed by atoms with Gasteiger partial charge >= 0.3 is 5.97 Å². The zero-order chi connectivity index (χ0) is 13.8. The van der Waals surface area contributed by atoms with Crippen LogP contribution in [0.3, 0.4) is 0 Å². The fraction of sp³-hybridized carbons (Fsp3) is 0.273. The Morgan fingerprint density at radius 3 is 3.05 bits per heavy atom. The fourth-order valence-electron chi connectivity index (χ4n) is 1.40. The Hall–Kier alpha value is -2.09. The van der Waals surface area contributed by atoms with Crippen molar-refractivity contribution in [3.63, 3.8) is 0 Å². The SMILES string of the molecule is C/C(=N/N=C1/NC(=O)[C@H](CC(=O)O)S1)c1ccco1. The van der Waals surface area contributed by atoms with Gasteiger partial charge in [0.05, 0.1) is 12.7 Å². The molecule has 1 fully saturated rings. The van der Waals surface area contributed by atoms with Gasteiger partial charge in [-0.25, -0.2) is 0 Å². The van der Waals surface area contributed by atoms with Crippen LogP contribution >= 0.6 is 11.8 Å². The Bertz CT molecular complexity index is 550. The first-order valence-electron chi connectivity index (χ1n) is 5.41. The average Bonchev–Trinajstić information content (AvgIpc) is 2.96. The fourth-order valence-corrected chi connectivity index (χ4v) is 2.31. The zero-order valence-corrected chi connectivity index (χ0v) is 10.8. The van der Waals surface area contributed by atoms with E-state index in [1.807, 2.05) is 0 Å². The van der Waals surface area contributed by atoms with E-state index in [0.29, 0.717) is 16.6 Å². The van der Waals surface area contributed by atoms with E-state index in [1.165, 1.54) is 6.26 Å². The third-order valence-electron chi connectivity index (χ3n) is 2.31. The second kappa shape index (κ2) is 5.70. The summed E-state index contributed by atoms with van der Waals surface area (Å²) in [5, 5.41) is 18.6. The molecular formula is C11H11N3O4S. The Kier molecular flexibility index (Phi) is 4.00. The van der Waals surface area contributed by atoms with Crippen LogP contribution in [0.1, 0.15) is 19.1 Å². The maximum Gasteiger partial charge on any atom is 0.305 e. The van der Waals surface area contributed by atoms with E-state index in [2.05, 4.69) is 15.5 Å². The number of thioether (sulfide) groups is 1. The van der Waals surface area contributed by atoms with E-state index in [4.69, 9.17) is 9.52 Å². The van der Waals surface area contributed by atoms with Gasteiger partial charge in [-0.3, -0.25) is 9.59 Å². The van der Waals surface area contributed by atoms with Crippen LogP contribution in [0.5, 0.6) is 0 Å². The molecule has 1 atom stereocenters. The summed E-state index contributed by atoms with van der Waals surface area (Å²) in [4.78, 5) is 22.0. The van der Waals surface area contributed by atoms with Crippen molar-refractivity contribution in [2.24, 2.45) is 10.2 Å². The predicted octanol–water partition coefficient (Wildman–Crippen LogP) is 1.07. The first-order valence-corrected chi connectivity index (χ1v) is 6.29. The van der Waals surface area contributed by atoms with E-state index >= 15 is 0 Å². The lowest BCUT2D eigenvalue weighted by atomic mass is 10.3. The van der Waals surface area contributed by atoms with Crippen LogP contribution in [-0.2, 0) is 9.59 Å². The molecule has 0 saturated carbocycles. The lowest BCUT2D eigenvalue weighted by Crippen LogP contribution is -2.26. The van der Waals surface area contributed by atoms with Gasteiger partial charge in [-0.15, -0.1) is 10.2 Å². The van der Waals surface area contributed by atoms with E-state index in [0.717, 1.165) is 11.8 Å². The van der Waals surface area contributed by atoms with Crippen molar-refractivity contribution in [1.82, 2.24) is 5.32 Å². The Labute approximate surface area is 112 Å². The summed E-state index contributed by atoms with van der Waals surface area (Å²) in [6.07, 6.45) is 1.28. The monoisotopic (exact) mass is 281 g/mol. The number of rotatable bonds is 4. The van der Waals surface area contributed by atoms with Crippen molar-refractivity contribution in [2.75, 3.05) is 0 Å². The van der Waals surface area contributed by atoms with Crippen LogP contribution in [-0.4, -0.2) is 33.1 Å². The van der Waals surface area contributed by atoms with Gasteiger partial charge in [-0.05, 0) is 19.1 Å². The average molecular weight is 281 g/mol. The molecular weight excluding hydrogens is 270 g/mol. The number of carboxylic acids is 1. The standard InChI is InChI=1S/C11H11N3O4S/c1-6(7-3-2-4-18-7)13-14-11-12-10(17)8(19-11)5-9(15)16/h2-4,8H,5H2,1H3,(H,15,16)(H,12,14,17)/b13-6-/t8-/m0/s1. The molecule has 19 heavy (non-hydrogen) atoms. The molecule has 1 aromatic rings. The highest BCUT2D eigenvalue weighted by Gasteiger charge is 2.32. The highest BCUT2D eigenvalue weighted by Crippen LogP contribution is 2.22. The molecule has 0 aliphatic carbocycles. The highest BCUT2D eigenvalue weighted by molar-refractivity contribution is 8.15. The van der Waals surface area contributed by atoms with Crippen LogP contribution in [0, 0.1) is 0 Å². The van der Waals surface area contributed by atoms with Crippen LogP contribution in [0.15, 0.2) is 33.0 Å². The molecule has 0 bridgehead atoms. The number of carbonyl (C=O) groups is 2. The van der Waals surface area contributed by atoms with Crippen molar-refractivity contribution in [1.29, 1.82) is 0 Å². The molecule has 1 aromatic heterocycles. The maximum atomic E-state index is 11.5. The second-order valence-electron chi connectivity index (χ2n) is 3.76. The number of hydrogen-bond donors (Lipinski definition) is 2. The van der Waals surface area contributed by atoms with Gasteiger partial charge in [-0.2, -0.15) is 0 Å². The number of amides is 1. The number of carbonyl (C=O) groups excluding carboxylic acids is 1. The number of nitrogens with zero attached hydrogens (tertiary/aromatic N) is 2. The zero-order valence-electron chi connectivity index (χ0n) is 9.99. The van der Waals surface area contributed by atoms with Crippen molar-refractivity contribution in [3.8, 4) is 0 Å². The molecule has 0 radical (unpaired) electrons. The molecule has 8 heteroatoms. The Morgan fingerprint density at radius 2 is 2.42 bits per heavy atom. The van der Waals surface area contributed by atoms with Gasteiger partial charge in [0, 0.05) is 0 Å². The maximum absolute atomic E-state index is 11.5. The van der Waals surface area contributed by atoms with Gasteiger partial charge in [0.15, 0.2) is 5.17 Å². The number of amidine groups is 1. The van der Waals surface area contributed by atoms with E-state index in [1.54, 1.807) is 19.1 Å². The first-order chi connectivity index (χ1) is 9.06. The van der Waals surface area contributed by atoms with Gasteiger partial charge in [0.1, 0.15) is 16.7 Å². The lowest BCUT2D eigenvalue weighted by molar-refractivity contribution is -0.138. The molecule has 2 rings (SSSR count). The van der Waals surface area contributed by atoms with Crippen molar-refractivity contribution in [3.05, 3.63) is 24.2 Å². The van der Waals surface area contributed by atoms with E-state index in [-0.39, 0.29) is 12.3 Å². The molecule has 1 saturated heterocycles. The number of aliphatic carboxylic acids is 1. The molecule has 7 nitrogen and oxygen atoms in total. The lowest BCUT2D eigenvalue weighted by Gasteiger charge is -1.97. The third kappa shape index (κ3) is 3.44. The minimum atomic E-state index is -1.02. The number of nitrogens with one attached hydrogen (secondary N) is 1. The Morgan fingerprint density at radius 1 is 1.63 bits per heavy atom. The largest absolute Gasteiger partial charge is 0.481 e. The number of furan rings is 1. The smallest absolute Gasteiger partial charge is 0.305 e. The van der Waals surface area contributed by atoms with Crippen LogP contribution < -0.4 is 5.32 Å². The molecule has 0 unspecified atom stereocenters. The molecule has 1 amide bonds. The third-order valence-corrected chi connectivity index (χ3v) is 3.38. The van der Waals surface area contributed by atoms with E-state index < -0.39 is 11.2 Å². The summed E-state index contributed by atoms with van der Waals surface area (Å²) >= 11 is 1.06. The van der Waals surface area contributed by atoms with Crippen molar-refractivity contribution in [2.45, 2.75) is 18.6 Å². The van der Waals surface area contributed by atoms with Gasteiger partial charge < -0.3 is 14.8 Å². The molecule has 0 spiro atoms. The number of hydrogen-bond acceptors (Lipinski definition) is 6. The summed E-state index contributed by atoms with van der Waals surface area (Å²) < 4.78 is 5.13. The van der Waals surface area contributed by atoms with Gasteiger partial charge in [0.2, 0.25) is 5.91 Å². The minimum absolute atomic E-state index is 0.240. The van der Waals surface area contributed by atoms with Gasteiger partial charge in [-0.1, -0.05) is 11.8 Å². The summed E-state index contributed by atoms with van der Waals surface area (Å²) in [5.74, 6) is -0.804. The van der Waals surface area contributed by atoms with Crippen LogP contribution in [0.25, 0.3) is 0 Å². The quantitative estimate of drug-likeness (QED) is 0.634. The predicted molar refractivity (Wildman–Crippen MR) is 70.1 cm³/mol. The summed E-state index contributed by atoms with van der Waals surface area (Å²) in [5.41, 5.74) is 0.564. The van der Waals surface area contributed by atoms with Crippen molar-refractivity contribution < 1.29 is 19.1 Å². The minimum Gasteiger partial charge on any atom is -0.481 e. The number of carboxylic acid groups (broad SMARTS) is 1. The van der Waals surface area contributed by atoms with Crippen LogP contribution in [0.4, 0.5) is 0 Å². The normalized spacial score (nSPS) is 21.7. The molecule has 1 aliphatic heterocycles. The summed E-state index contributed by atoms with van der Waals surface area (Å²) in [7, 11) is 0. The molecule has 1 aliphatic rings. The highest BCUT2D eigenvalue weighted by atomic mass is 32.2. The second-order valence-corrected chi connectivity index (χ2v) is 4.95. The van der Waals surface area contributed by atoms with Gasteiger partial charge in [0.25, 0.3) is 0 Å². The van der Waals surface area contributed by atoms with E-state index in [9.17, 15) is 9.59 Å². The topological polar surface area (TPSA) is 104 Å². The summed E-state index contributed by atoms with van der Waals surface area (Å²) in [6.45, 7) is 1.72. The Balaban J connectivity index is 2.04. The van der Waals surface area contributed by atoms with Crippen LogP contribution in [0.2, 0.25) is 0 Å². The molecule has 0 aromatic carbocycles. The molecule has 2 N–H and O–H groups in total. The first kappa shape index (κ1) is 13.3. The summed E-state index contributed by atoms with van der Waals surface area (Å²) in [6, 6.07) is 3.48. The molecule has 2 heterocycles. The van der Waals surface area contributed by atoms with Crippen molar-refractivity contribution >= 4 is 34.5 Å².